The van der Waals surface area contributed by atoms with Gasteiger partial charge in [0, 0.05) is 16.6 Å². The zero-order valence-electron chi connectivity index (χ0n) is 13.9. The molecule has 5 heteroatoms. The quantitative estimate of drug-likeness (QED) is 0.625. The van der Waals surface area contributed by atoms with Crippen molar-refractivity contribution in [2.24, 2.45) is 0 Å². The van der Waals surface area contributed by atoms with Crippen LogP contribution in [0.3, 0.4) is 0 Å². The monoisotopic (exact) mass is 340 g/mol. The van der Waals surface area contributed by atoms with E-state index in [2.05, 4.69) is 36.9 Å². The van der Waals surface area contributed by atoms with Crippen LogP contribution >= 0.6 is 12.2 Å². The van der Waals surface area contributed by atoms with Crippen LogP contribution in [0.25, 0.3) is 22.3 Å². The summed E-state index contributed by atoms with van der Waals surface area (Å²) in [5.41, 5.74) is 2.92. The highest BCUT2D eigenvalue weighted by Crippen LogP contribution is 2.28. The molecule has 24 heavy (non-hydrogen) atoms. The maximum Gasteiger partial charge on any atom is 0.170 e. The number of thiocarbonyl (C=S) groups is 1. The lowest BCUT2D eigenvalue weighted by Gasteiger charge is -2.12. The molecule has 3 rings (SSSR count). The van der Waals surface area contributed by atoms with E-state index in [0.717, 1.165) is 41.1 Å². The van der Waals surface area contributed by atoms with Crippen LogP contribution in [0.2, 0.25) is 0 Å². The Labute approximate surface area is 147 Å². The molecule has 0 saturated heterocycles. The van der Waals surface area contributed by atoms with Gasteiger partial charge in [0.05, 0.1) is 27.2 Å². The van der Waals surface area contributed by atoms with E-state index < -0.39 is 0 Å². The summed E-state index contributed by atoms with van der Waals surface area (Å²) >= 11 is 5.31. The fourth-order valence-electron chi connectivity index (χ4n) is 2.44. The van der Waals surface area contributed by atoms with E-state index >= 15 is 0 Å². The third-order valence-corrected chi connectivity index (χ3v) is 4.01. The van der Waals surface area contributed by atoms with E-state index in [1.165, 1.54) is 4.90 Å². The summed E-state index contributed by atoms with van der Waals surface area (Å²) in [7, 11) is 4.24. The standard InChI is InChI=1S/C19H21N3OS/c1-22(2)12-11-20-19(24)21-16-9-7-14(8-10-16)18-13-15-5-3-4-6-17(15)23-18/h3-10,13H,11-12H2,1-2H3,(H2,20,21,24)/p+1. The molecule has 3 aromatic rings. The van der Waals surface area contributed by atoms with Gasteiger partial charge in [-0.05, 0) is 48.6 Å². The minimum absolute atomic E-state index is 0.646. The van der Waals surface area contributed by atoms with Crippen LogP contribution in [0.4, 0.5) is 5.69 Å². The van der Waals surface area contributed by atoms with Crippen LogP contribution < -0.4 is 15.5 Å². The number of para-hydroxylation sites is 1. The molecule has 1 aromatic heterocycles. The fraction of sp³-hybridized carbons (Fsp3) is 0.211. The summed E-state index contributed by atoms with van der Waals surface area (Å²) < 4.78 is 5.89. The normalized spacial score (nSPS) is 11.0. The van der Waals surface area contributed by atoms with Crippen LogP contribution in [0.1, 0.15) is 0 Å². The van der Waals surface area contributed by atoms with Crippen molar-refractivity contribution in [2.45, 2.75) is 0 Å². The van der Waals surface area contributed by atoms with Gasteiger partial charge in [-0.25, -0.2) is 0 Å². The first-order valence-electron chi connectivity index (χ1n) is 8.05. The zero-order valence-corrected chi connectivity index (χ0v) is 14.7. The average Bonchev–Trinajstić information content (AvgIpc) is 2.99. The number of fused-ring (bicyclic) bond motifs is 1. The Balaban J connectivity index is 1.63. The van der Waals surface area contributed by atoms with E-state index in [1.807, 2.05) is 42.5 Å². The molecule has 0 atom stereocenters. The average molecular weight is 340 g/mol. The Morgan fingerprint density at radius 3 is 2.54 bits per heavy atom. The van der Waals surface area contributed by atoms with E-state index in [9.17, 15) is 0 Å². The maximum atomic E-state index is 5.89. The Bertz CT molecular complexity index is 791. The Morgan fingerprint density at radius 2 is 1.83 bits per heavy atom. The molecule has 0 fully saturated rings. The van der Waals surface area contributed by atoms with Gasteiger partial charge in [-0.2, -0.15) is 0 Å². The van der Waals surface area contributed by atoms with Gasteiger partial charge < -0.3 is 20.0 Å². The highest BCUT2D eigenvalue weighted by Gasteiger charge is 2.06. The molecule has 0 aliphatic heterocycles. The summed E-state index contributed by atoms with van der Waals surface area (Å²) in [6, 6.07) is 18.2. The number of furan rings is 1. The zero-order chi connectivity index (χ0) is 16.9. The number of likely N-dealkylation sites (N-methyl/N-ethyl adjacent to an activating group) is 1. The number of anilines is 1. The van der Waals surface area contributed by atoms with E-state index in [1.54, 1.807) is 0 Å². The maximum absolute atomic E-state index is 5.89. The number of benzene rings is 2. The first-order valence-corrected chi connectivity index (χ1v) is 8.45. The van der Waals surface area contributed by atoms with Crippen LogP contribution in [0.5, 0.6) is 0 Å². The number of hydrogen-bond donors (Lipinski definition) is 3. The SMILES string of the molecule is C[NH+](C)CCNC(=S)Nc1ccc(-c2cc3ccccc3o2)cc1. The molecule has 0 radical (unpaired) electrons. The molecular formula is C19H22N3OS+. The van der Waals surface area contributed by atoms with E-state index in [0.29, 0.717) is 5.11 Å². The minimum Gasteiger partial charge on any atom is -0.456 e. The molecule has 0 amide bonds. The minimum atomic E-state index is 0.646. The van der Waals surface area contributed by atoms with Crippen molar-refractivity contribution in [1.29, 1.82) is 0 Å². The van der Waals surface area contributed by atoms with Crippen molar-refractivity contribution in [3.05, 3.63) is 54.6 Å². The molecule has 0 saturated carbocycles. The van der Waals surface area contributed by atoms with Crippen molar-refractivity contribution in [1.82, 2.24) is 5.32 Å². The second kappa shape index (κ2) is 7.47. The molecule has 0 spiro atoms. The second-order valence-corrected chi connectivity index (χ2v) is 6.47. The van der Waals surface area contributed by atoms with Gasteiger partial charge in [-0.1, -0.05) is 18.2 Å². The molecule has 0 bridgehead atoms. The number of quaternary nitrogens is 1. The van der Waals surface area contributed by atoms with Gasteiger partial charge in [0.15, 0.2) is 5.11 Å². The third-order valence-electron chi connectivity index (χ3n) is 3.76. The van der Waals surface area contributed by atoms with Gasteiger partial charge >= 0.3 is 0 Å². The molecule has 4 nitrogen and oxygen atoms in total. The van der Waals surface area contributed by atoms with Gasteiger partial charge in [0.2, 0.25) is 0 Å². The first-order chi connectivity index (χ1) is 11.6. The summed E-state index contributed by atoms with van der Waals surface area (Å²) in [6.07, 6.45) is 0. The van der Waals surface area contributed by atoms with Crippen molar-refractivity contribution in [3.63, 3.8) is 0 Å². The molecule has 0 aliphatic rings. The lowest BCUT2D eigenvalue weighted by atomic mass is 10.1. The summed E-state index contributed by atoms with van der Waals surface area (Å²) in [5, 5.41) is 8.17. The molecule has 1 heterocycles. The van der Waals surface area contributed by atoms with Gasteiger partial charge in [0.1, 0.15) is 11.3 Å². The molecule has 3 N–H and O–H groups in total. The molecular weight excluding hydrogens is 318 g/mol. The Hall–Kier alpha value is -2.37. The first kappa shape index (κ1) is 16.5. The largest absolute Gasteiger partial charge is 0.456 e. The molecule has 0 aliphatic carbocycles. The number of hydrogen-bond acceptors (Lipinski definition) is 2. The number of nitrogens with one attached hydrogen (secondary N) is 3. The van der Waals surface area contributed by atoms with Crippen LogP contribution in [0, 0.1) is 0 Å². The Morgan fingerprint density at radius 1 is 1.08 bits per heavy atom. The van der Waals surface area contributed by atoms with Gasteiger partial charge in [0.25, 0.3) is 0 Å². The molecule has 124 valence electrons. The lowest BCUT2D eigenvalue weighted by Crippen LogP contribution is -3.06. The van der Waals surface area contributed by atoms with Crippen molar-refractivity contribution >= 4 is 34.0 Å². The van der Waals surface area contributed by atoms with Crippen molar-refractivity contribution in [2.75, 3.05) is 32.5 Å². The topological polar surface area (TPSA) is 41.6 Å². The van der Waals surface area contributed by atoms with Crippen molar-refractivity contribution in [3.8, 4) is 11.3 Å². The molecule has 0 unspecified atom stereocenters. The Kier molecular flexibility index (Phi) is 5.13. The molecule has 2 aromatic carbocycles. The summed E-state index contributed by atoms with van der Waals surface area (Å²) in [5.74, 6) is 0.873. The van der Waals surface area contributed by atoms with Crippen LogP contribution in [0.15, 0.2) is 59.0 Å². The smallest absolute Gasteiger partial charge is 0.170 e. The highest BCUT2D eigenvalue weighted by atomic mass is 32.1. The summed E-state index contributed by atoms with van der Waals surface area (Å²) in [6.45, 7) is 1.87. The van der Waals surface area contributed by atoms with Gasteiger partial charge in [-0.15, -0.1) is 0 Å². The van der Waals surface area contributed by atoms with E-state index in [4.69, 9.17) is 16.6 Å². The fourth-order valence-corrected chi connectivity index (χ4v) is 2.66. The second-order valence-electron chi connectivity index (χ2n) is 6.06. The predicted molar refractivity (Wildman–Crippen MR) is 104 cm³/mol. The van der Waals surface area contributed by atoms with Crippen LogP contribution in [-0.2, 0) is 0 Å². The van der Waals surface area contributed by atoms with Crippen LogP contribution in [-0.4, -0.2) is 32.3 Å². The lowest BCUT2D eigenvalue weighted by molar-refractivity contribution is -0.856. The van der Waals surface area contributed by atoms with E-state index in [-0.39, 0.29) is 0 Å². The predicted octanol–water partition coefficient (Wildman–Crippen LogP) is 2.53. The summed E-state index contributed by atoms with van der Waals surface area (Å²) in [4.78, 5) is 1.39. The number of rotatable bonds is 5. The highest BCUT2D eigenvalue weighted by molar-refractivity contribution is 7.80. The van der Waals surface area contributed by atoms with Gasteiger partial charge in [-0.3, -0.25) is 0 Å². The third kappa shape index (κ3) is 4.13. The van der Waals surface area contributed by atoms with Crippen molar-refractivity contribution < 1.29 is 9.32 Å².